The van der Waals surface area contributed by atoms with E-state index in [1.165, 1.54) is 11.8 Å². The average Bonchev–Trinajstić information content (AvgIpc) is 2.87. The molecule has 3 aromatic rings. The van der Waals surface area contributed by atoms with Crippen molar-refractivity contribution in [1.29, 1.82) is 0 Å². The average molecular weight is 498 g/mol. The highest BCUT2D eigenvalue weighted by Crippen LogP contribution is 2.30. The van der Waals surface area contributed by atoms with Gasteiger partial charge >= 0.3 is 0 Å². The van der Waals surface area contributed by atoms with Crippen molar-refractivity contribution in [2.24, 2.45) is 0 Å². The number of halogens is 1. The number of hydrogen-bond donors (Lipinski definition) is 3. The number of piperidine rings is 1. The van der Waals surface area contributed by atoms with Crippen LogP contribution in [-0.4, -0.2) is 70.6 Å². The van der Waals surface area contributed by atoms with Gasteiger partial charge in [-0.1, -0.05) is 11.8 Å². The number of rotatable bonds is 7. The van der Waals surface area contributed by atoms with Crippen molar-refractivity contribution in [1.82, 2.24) is 20.2 Å². The zero-order chi connectivity index (χ0) is 24.4. The van der Waals surface area contributed by atoms with Gasteiger partial charge in [0.05, 0.1) is 30.2 Å². The van der Waals surface area contributed by atoms with Gasteiger partial charge < -0.3 is 20.5 Å². The number of hydrogen-bond acceptors (Lipinski definition) is 8. The molecular weight excluding hydrogens is 469 g/mol. The normalized spacial score (nSPS) is 21.4. The van der Waals surface area contributed by atoms with Crippen LogP contribution in [0, 0.1) is 0 Å². The van der Waals surface area contributed by atoms with Crippen molar-refractivity contribution in [2.75, 3.05) is 37.8 Å². The lowest BCUT2D eigenvalue weighted by atomic mass is 10.00. The molecule has 35 heavy (non-hydrogen) atoms. The molecule has 3 atom stereocenters. The number of nitrogens with one attached hydrogen (secondary N) is 2. The standard InChI is InChI=1S/C25H28FN5O3S/c1-34-16-2-3-20-18(9-16)17(4-6-27-20)23(32)13-31-7-5-21(19(26)12-31)28-10-15-8-22-25(29-11-15)35-14-24(33)30-22/h2-4,6,8-9,11,19,21,23,28,32H,5,7,10,12-14H2,1H3,(H,30,33)/t19-,21-,23-/m1/s1. The monoisotopic (exact) mass is 497 g/mol. The Labute approximate surface area is 207 Å². The minimum Gasteiger partial charge on any atom is -0.497 e. The number of amides is 1. The number of pyridine rings is 2. The van der Waals surface area contributed by atoms with Crippen LogP contribution < -0.4 is 15.4 Å². The number of thioether (sulfide) groups is 1. The molecule has 3 N–H and O–H groups in total. The van der Waals surface area contributed by atoms with Gasteiger partial charge in [0.2, 0.25) is 5.91 Å². The number of alkyl halides is 1. The van der Waals surface area contributed by atoms with Crippen molar-refractivity contribution in [2.45, 2.75) is 36.3 Å². The van der Waals surface area contributed by atoms with Crippen LogP contribution in [0.15, 0.2) is 47.8 Å². The van der Waals surface area contributed by atoms with Gasteiger partial charge in [-0.25, -0.2) is 9.37 Å². The van der Waals surface area contributed by atoms with Gasteiger partial charge in [0.25, 0.3) is 0 Å². The molecule has 0 unspecified atom stereocenters. The molecule has 1 fully saturated rings. The largest absolute Gasteiger partial charge is 0.497 e. The van der Waals surface area contributed by atoms with Gasteiger partial charge in [-0.3, -0.25) is 14.7 Å². The van der Waals surface area contributed by atoms with Gasteiger partial charge in [-0.05, 0) is 54.4 Å². The summed E-state index contributed by atoms with van der Waals surface area (Å²) < 4.78 is 20.4. The van der Waals surface area contributed by atoms with Gasteiger partial charge in [0.1, 0.15) is 16.9 Å². The van der Waals surface area contributed by atoms with Crippen LogP contribution in [0.25, 0.3) is 10.9 Å². The number of methoxy groups -OCH3 is 1. The second-order valence-corrected chi connectivity index (χ2v) is 9.85. The molecule has 2 aromatic heterocycles. The summed E-state index contributed by atoms with van der Waals surface area (Å²) in [6.07, 6.45) is 2.25. The van der Waals surface area contributed by atoms with Gasteiger partial charge in [0, 0.05) is 43.5 Å². The Morgan fingerprint density at radius 3 is 3.06 bits per heavy atom. The maximum Gasteiger partial charge on any atom is 0.234 e. The summed E-state index contributed by atoms with van der Waals surface area (Å²) in [5.74, 6) is 1.04. The molecule has 1 saturated heterocycles. The molecule has 0 aliphatic carbocycles. The third-order valence-corrected chi connectivity index (χ3v) is 7.49. The van der Waals surface area contributed by atoms with Crippen molar-refractivity contribution in [3.8, 4) is 5.75 Å². The van der Waals surface area contributed by atoms with E-state index in [1.54, 1.807) is 25.6 Å². The molecule has 1 aromatic carbocycles. The predicted molar refractivity (Wildman–Crippen MR) is 133 cm³/mol. The lowest BCUT2D eigenvalue weighted by Crippen LogP contribution is -2.51. The van der Waals surface area contributed by atoms with E-state index in [1.807, 2.05) is 29.2 Å². The van der Waals surface area contributed by atoms with Gasteiger partial charge in [-0.15, -0.1) is 0 Å². The first-order valence-electron chi connectivity index (χ1n) is 11.6. The van der Waals surface area contributed by atoms with Crippen LogP contribution in [0.1, 0.15) is 23.7 Å². The number of aromatic nitrogens is 2. The summed E-state index contributed by atoms with van der Waals surface area (Å²) in [5.41, 5.74) is 3.15. The van der Waals surface area contributed by atoms with Gasteiger partial charge in [-0.2, -0.15) is 0 Å². The number of ether oxygens (including phenoxy) is 1. The second-order valence-electron chi connectivity index (χ2n) is 8.88. The number of nitrogens with zero attached hydrogens (tertiary/aromatic N) is 3. The highest BCUT2D eigenvalue weighted by atomic mass is 32.2. The van der Waals surface area contributed by atoms with Crippen molar-refractivity contribution >= 4 is 34.3 Å². The van der Waals surface area contributed by atoms with Gasteiger partial charge in [0.15, 0.2) is 0 Å². The van der Waals surface area contributed by atoms with Crippen molar-refractivity contribution in [3.63, 3.8) is 0 Å². The third-order valence-electron chi connectivity index (χ3n) is 6.49. The summed E-state index contributed by atoms with van der Waals surface area (Å²) in [6, 6.07) is 8.99. The Morgan fingerprint density at radius 1 is 1.34 bits per heavy atom. The zero-order valence-corrected chi connectivity index (χ0v) is 20.2. The van der Waals surface area contributed by atoms with E-state index in [0.29, 0.717) is 43.2 Å². The Bertz CT molecular complexity index is 1230. The van der Waals surface area contributed by atoms with Crippen LogP contribution in [0.5, 0.6) is 5.75 Å². The number of likely N-dealkylation sites (tertiary alicyclic amines) is 1. The molecule has 2 aliphatic rings. The topological polar surface area (TPSA) is 99.6 Å². The molecule has 2 aliphatic heterocycles. The Balaban J connectivity index is 1.17. The number of anilines is 1. The molecule has 184 valence electrons. The number of aliphatic hydroxyl groups excluding tert-OH is 1. The van der Waals surface area contributed by atoms with Crippen molar-refractivity contribution in [3.05, 3.63) is 53.9 Å². The van der Waals surface area contributed by atoms with Crippen LogP contribution in [0.3, 0.4) is 0 Å². The molecule has 0 spiro atoms. The molecule has 0 bridgehead atoms. The fourth-order valence-electron chi connectivity index (χ4n) is 4.64. The maximum atomic E-state index is 15.0. The van der Waals surface area contributed by atoms with Crippen LogP contribution in [0.2, 0.25) is 0 Å². The molecule has 8 nitrogen and oxygen atoms in total. The molecule has 0 saturated carbocycles. The zero-order valence-electron chi connectivity index (χ0n) is 19.4. The molecule has 5 rings (SSSR count). The van der Waals surface area contributed by atoms with E-state index in [4.69, 9.17) is 4.74 Å². The predicted octanol–water partition coefficient (Wildman–Crippen LogP) is 2.92. The first-order valence-corrected chi connectivity index (χ1v) is 12.6. The summed E-state index contributed by atoms with van der Waals surface area (Å²) in [4.78, 5) is 22.4. The van der Waals surface area contributed by atoms with Crippen LogP contribution in [0.4, 0.5) is 10.1 Å². The summed E-state index contributed by atoms with van der Waals surface area (Å²) in [7, 11) is 1.60. The van der Waals surface area contributed by atoms with Crippen LogP contribution >= 0.6 is 11.8 Å². The highest BCUT2D eigenvalue weighted by Gasteiger charge is 2.30. The maximum absolute atomic E-state index is 15.0. The second kappa shape index (κ2) is 10.4. The lowest BCUT2D eigenvalue weighted by Gasteiger charge is -2.36. The van der Waals surface area contributed by atoms with E-state index < -0.39 is 12.3 Å². The summed E-state index contributed by atoms with van der Waals surface area (Å²) in [5, 5.41) is 18.7. The molecule has 10 heteroatoms. The van der Waals surface area contributed by atoms with E-state index >= 15 is 4.39 Å². The number of aliphatic hydroxyl groups is 1. The summed E-state index contributed by atoms with van der Waals surface area (Å²) in [6.45, 7) is 1.74. The first kappa shape index (κ1) is 23.9. The molecule has 1 amide bonds. The fraction of sp³-hybridized carbons (Fsp3) is 0.400. The minimum atomic E-state index is -1.06. The Kier molecular flexibility index (Phi) is 7.14. The molecular formula is C25H28FN5O3S. The van der Waals surface area contributed by atoms with E-state index in [-0.39, 0.29) is 18.5 Å². The first-order chi connectivity index (χ1) is 17.0. The lowest BCUT2D eigenvalue weighted by molar-refractivity contribution is -0.113. The Hall–Kier alpha value is -2.79. The van der Waals surface area contributed by atoms with Crippen molar-refractivity contribution < 1.29 is 19.0 Å². The van der Waals surface area contributed by atoms with E-state index in [2.05, 4.69) is 20.6 Å². The number of benzene rings is 1. The third kappa shape index (κ3) is 5.40. The van der Waals surface area contributed by atoms with E-state index in [9.17, 15) is 9.90 Å². The Morgan fingerprint density at radius 2 is 2.23 bits per heavy atom. The van der Waals surface area contributed by atoms with E-state index in [0.717, 1.165) is 27.1 Å². The number of carbonyl (C=O) groups is 1. The SMILES string of the molecule is COc1ccc2nccc([C@H](O)CN3CC[C@@H](NCc4cnc5c(c4)NC(=O)CS5)[C@H](F)C3)c2c1. The van der Waals surface area contributed by atoms with Crippen LogP contribution in [-0.2, 0) is 11.3 Å². The molecule has 4 heterocycles. The molecule has 0 radical (unpaired) electrons. The number of carbonyl (C=O) groups excluding carboxylic acids is 1. The fourth-order valence-corrected chi connectivity index (χ4v) is 5.37. The number of β-amino-alcohol motifs (C(OH)–C–C–N with tert-alkyl or cyclic N) is 1. The quantitative estimate of drug-likeness (QED) is 0.458. The smallest absolute Gasteiger partial charge is 0.234 e. The minimum absolute atomic E-state index is 0.0355. The number of fused-ring (bicyclic) bond motifs is 2. The summed E-state index contributed by atoms with van der Waals surface area (Å²) >= 11 is 1.42. The highest BCUT2D eigenvalue weighted by molar-refractivity contribution is 8.00.